The summed E-state index contributed by atoms with van der Waals surface area (Å²) in [7, 11) is 0. The minimum absolute atomic E-state index is 0.0577. The van der Waals surface area contributed by atoms with Crippen molar-refractivity contribution in [2.45, 2.75) is 26.4 Å². The Morgan fingerprint density at radius 2 is 1.87 bits per heavy atom. The standard InChI is InChI=1S/C16H18O7/c1-3-13(23-15(19)9-8-14(18)21-4-2)16(20)22-12-7-5-6-11(17)10-12/h5-10,13,17H,3-4H2,1-2H3. The average Bonchev–Trinajstić information content (AvgIpc) is 2.50. The van der Waals surface area contributed by atoms with Crippen molar-refractivity contribution in [3.8, 4) is 11.5 Å². The molecule has 0 bridgehead atoms. The van der Waals surface area contributed by atoms with Crippen molar-refractivity contribution in [1.29, 1.82) is 0 Å². The maximum absolute atomic E-state index is 11.9. The molecule has 0 saturated carbocycles. The Balaban J connectivity index is 2.60. The van der Waals surface area contributed by atoms with Crippen molar-refractivity contribution < 1.29 is 33.7 Å². The Morgan fingerprint density at radius 1 is 1.17 bits per heavy atom. The summed E-state index contributed by atoms with van der Waals surface area (Å²) in [6, 6.07) is 5.67. The first-order valence-corrected chi connectivity index (χ1v) is 7.02. The number of carbonyl (C=O) groups excluding carboxylic acids is 3. The fraction of sp³-hybridized carbons (Fsp3) is 0.312. The zero-order valence-corrected chi connectivity index (χ0v) is 12.9. The molecule has 1 N–H and O–H groups in total. The third-order valence-electron chi connectivity index (χ3n) is 2.57. The molecule has 1 unspecified atom stereocenters. The number of rotatable bonds is 7. The van der Waals surface area contributed by atoms with Crippen molar-refractivity contribution in [3.63, 3.8) is 0 Å². The van der Waals surface area contributed by atoms with E-state index >= 15 is 0 Å². The average molecular weight is 322 g/mol. The molecule has 0 fully saturated rings. The van der Waals surface area contributed by atoms with Gasteiger partial charge in [0, 0.05) is 18.2 Å². The van der Waals surface area contributed by atoms with Gasteiger partial charge in [-0.1, -0.05) is 13.0 Å². The lowest BCUT2D eigenvalue weighted by Gasteiger charge is -2.14. The van der Waals surface area contributed by atoms with Crippen molar-refractivity contribution in [2.24, 2.45) is 0 Å². The predicted octanol–water partition coefficient (Wildman–Crippen LogP) is 1.74. The van der Waals surface area contributed by atoms with E-state index in [0.717, 1.165) is 12.2 Å². The number of ether oxygens (including phenoxy) is 3. The molecular weight excluding hydrogens is 304 g/mol. The number of hydrogen-bond acceptors (Lipinski definition) is 7. The number of carbonyl (C=O) groups is 3. The maximum Gasteiger partial charge on any atom is 0.352 e. The Hall–Kier alpha value is -2.83. The van der Waals surface area contributed by atoms with Crippen LogP contribution in [0.15, 0.2) is 36.4 Å². The van der Waals surface area contributed by atoms with E-state index in [1.165, 1.54) is 24.3 Å². The van der Waals surface area contributed by atoms with E-state index in [1.54, 1.807) is 13.8 Å². The molecule has 0 aliphatic rings. The summed E-state index contributed by atoms with van der Waals surface area (Å²) in [5.41, 5.74) is 0. The first-order valence-electron chi connectivity index (χ1n) is 7.02. The van der Waals surface area contributed by atoms with Crippen LogP contribution in [0.3, 0.4) is 0 Å². The summed E-state index contributed by atoms with van der Waals surface area (Å²) in [4.78, 5) is 34.6. The summed E-state index contributed by atoms with van der Waals surface area (Å²) < 4.78 is 14.6. The third kappa shape index (κ3) is 6.64. The molecule has 0 saturated heterocycles. The van der Waals surface area contributed by atoms with E-state index in [0.29, 0.717) is 0 Å². The molecule has 0 heterocycles. The Labute approximate surface area is 133 Å². The van der Waals surface area contributed by atoms with Gasteiger partial charge in [-0.15, -0.1) is 0 Å². The van der Waals surface area contributed by atoms with Crippen LogP contribution in [-0.4, -0.2) is 35.7 Å². The van der Waals surface area contributed by atoms with Gasteiger partial charge >= 0.3 is 17.9 Å². The maximum atomic E-state index is 11.9. The van der Waals surface area contributed by atoms with Gasteiger partial charge < -0.3 is 19.3 Å². The smallest absolute Gasteiger partial charge is 0.352 e. The zero-order valence-electron chi connectivity index (χ0n) is 12.9. The minimum atomic E-state index is -1.13. The van der Waals surface area contributed by atoms with Crippen LogP contribution in [0.25, 0.3) is 0 Å². The van der Waals surface area contributed by atoms with Crippen molar-refractivity contribution >= 4 is 17.9 Å². The van der Waals surface area contributed by atoms with Crippen molar-refractivity contribution in [3.05, 3.63) is 36.4 Å². The third-order valence-corrected chi connectivity index (χ3v) is 2.57. The van der Waals surface area contributed by atoms with Crippen LogP contribution in [0.5, 0.6) is 11.5 Å². The van der Waals surface area contributed by atoms with Gasteiger partial charge in [0.05, 0.1) is 6.61 Å². The highest BCUT2D eigenvalue weighted by atomic mass is 16.6. The Kier molecular flexibility index (Phi) is 7.32. The number of benzene rings is 1. The highest BCUT2D eigenvalue weighted by Gasteiger charge is 2.22. The molecule has 1 aromatic rings. The molecule has 0 aliphatic carbocycles. The van der Waals surface area contributed by atoms with E-state index < -0.39 is 24.0 Å². The van der Waals surface area contributed by atoms with E-state index in [9.17, 15) is 19.5 Å². The molecule has 7 heteroatoms. The quantitative estimate of drug-likeness (QED) is 0.463. The van der Waals surface area contributed by atoms with E-state index in [1.807, 2.05) is 0 Å². The van der Waals surface area contributed by atoms with E-state index in [2.05, 4.69) is 4.74 Å². The van der Waals surface area contributed by atoms with Crippen LogP contribution >= 0.6 is 0 Å². The largest absolute Gasteiger partial charge is 0.508 e. The van der Waals surface area contributed by atoms with Crippen LogP contribution in [0, 0.1) is 0 Å². The first kappa shape index (κ1) is 18.2. The van der Waals surface area contributed by atoms with Gasteiger partial charge in [0.2, 0.25) is 0 Å². The fourth-order valence-corrected chi connectivity index (χ4v) is 1.53. The molecule has 23 heavy (non-hydrogen) atoms. The van der Waals surface area contributed by atoms with E-state index in [4.69, 9.17) is 9.47 Å². The van der Waals surface area contributed by atoms with Gasteiger partial charge in [-0.2, -0.15) is 0 Å². The van der Waals surface area contributed by atoms with Crippen LogP contribution in [0.1, 0.15) is 20.3 Å². The number of phenolic OH excluding ortho intramolecular Hbond substituents is 1. The van der Waals surface area contributed by atoms with Crippen LogP contribution in [0.2, 0.25) is 0 Å². The molecule has 1 aromatic carbocycles. The number of phenols is 1. The SMILES string of the molecule is CCOC(=O)C=CC(=O)OC(CC)C(=O)Oc1cccc(O)c1. The molecule has 0 spiro atoms. The van der Waals surface area contributed by atoms with Crippen LogP contribution in [0.4, 0.5) is 0 Å². The van der Waals surface area contributed by atoms with Crippen molar-refractivity contribution in [2.75, 3.05) is 6.61 Å². The number of esters is 3. The second-order valence-corrected chi connectivity index (χ2v) is 4.34. The molecule has 1 atom stereocenters. The molecule has 124 valence electrons. The number of hydrogen-bond donors (Lipinski definition) is 1. The van der Waals surface area contributed by atoms with Crippen LogP contribution in [-0.2, 0) is 23.9 Å². The Bertz CT molecular complexity index is 592. The summed E-state index contributed by atoms with van der Waals surface area (Å²) in [5, 5.41) is 9.30. The molecule has 0 aromatic heterocycles. The van der Waals surface area contributed by atoms with Gasteiger partial charge in [-0.05, 0) is 25.5 Å². The number of aromatic hydroxyl groups is 1. The minimum Gasteiger partial charge on any atom is -0.508 e. The monoisotopic (exact) mass is 322 g/mol. The highest BCUT2D eigenvalue weighted by molar-refractivity contribution is 5.92. The summed E-state index contributed by atoms with van der Waals surface area (Å²) in [6.45, 7) is 3.46. The Morgan fingerprint density at radius 3 is 2.48 bits per heavy atom. The molecule has 0 amide bonds. The van der Waals surface area contributed by atoms with Gasteiger partial charge in [0.25, 0.3) is 0 Å². The summed E-state index contributed by atoms with van der Waals surface area (Å²) >= 11 is 0. The second-order valence-electron chi connectivity index (χ2n) is 4.34. The lowest BCUT2D eigenvalue weighted by Crippen LogP contribution is -2.30. The lowest BCUT2D eigenvalue weighted by molar-refractivity contribution is -0.159. The van der Waals surface area contributed by atoms with Gasteiger partial charge in [-0.3, -0.25) is 0 Å². The molecule has 0 aliphatic heterocycles. The normalized spacial score (nSPS) is 11.7. The summed E-state index contributed by atoms with van der Waals surface area (Å²) in [5.74, 6) is -2.25. The molecule has 0 radical (unpaired) electrons. The molecular formula is C16H18O7. The predicted molar refractivity (Wildman–Crippen MR) is 79.7 cm³/mol. The topological polar surface area (TPSA) is 99.1 Å². The van der Waals surface area contributed by atoms with Crippen LogP contribution < -0.4 is 4.74 Å². The fourth-order valence-electron chi connectivity index (χ4n) is 1.53. The second kappa shape index (κ2) is 9.24. The zero-order chi connectivity index (χ0) is 17.2. The summed E-state index contributed by atoms with van der Waals surface area (Å²) in [6.07, 6.45) is 0.856. The first-order chi connectivity index (χ1) is 11.0. The van der Waals surface area contributed by atoms with E-state index in [-0.39, 0.29) is 24.5 Å². The molecule has 7 nitrogen and oxygen atoms in total. The van der Waals surface area contributed by atoms with Gasteiger partial charge in [0.1, 0.15) is 11.5 Å². The highest BCUT2D eigenvalue weighted by Crippen LogP contribution is 2.18. The van der Waals surface area contributed by atoms with Gasteiger partial charge in [-0.25, -0.2) is 14.4 Å². The van der Waals surface area contributed by atoms with Gasteiger partial charge in [0.15, 0.2) is 6.10 Å². The lowest BCUT2D eigenvalue weighted by atomic mass is 10.2. The molecule has 1 rings (SSSR count). The van der Waals surface area contributed by atoms with Crippen molar-refractivity contribution in [1.82, 2.24) is 0 Å².